The standard InChI is InChI=1S/C26H31ClN4O4S/c1-16-13-21(23(25(32)30-16)26(36)31-20-7-3-6-19(27)24(20)33-2)29-14-17-8-10-28-15-22(17)35-12-9-18-5-4-11-34-18/h3,6-8,10,15-16,18,29H,4-5,9,11-14H2,1-2H3,(H,30,32)(H,31,36). The predicted molar refractivity (Wildman–Crippen MR) is 144 cm³/mol. The number of nitrogens with one attached hydrogen (secondary N) is 3. The number of para-hydroxylation sites is 1. The van der Waals surface area contributed by atoms with Crippen LogP contribution in [0.15, 0.2) is 47.9 Å². The van der Waals surface area contributed by atoms with Crippen molar-refractivity contribution in [2.75, 3.05) is 25.6 Å². The molecule has 1 aromatic carbocycles. The summed E-state index contributed by atoms with van der Waals surface area (Å²) in [5, 5.41) is 9.97. The number of rotatable bonds is 10. The van der Waals surface area contributed by atoms with Crippen molar-refractivity contribution in [1.82, 2.24) is 15.6 Å². The molecule has 4 rings (SSSR count). The van der Waals surface area contributed by atoms with E-state index < -0.39 is 0 Å². The molecule has 1 amide bonds. The maximum absolute atomic E-state index is 13.0. The molecule has 0 saturated carbocycles. The maximum Gasteiger partial charge on any atom is 0.256 e. The Morgan fingerprint density at radius 1 is 1.36 bits per heavy atom. The number of hydrogen-bond acceptors (Lipinski definition) is 7. The van der Waals surface area contributed by atoms with E-state index in [9.17, 15) is 4.79 Å². The van der Waals surface area contributed by atoms with Crippen LogP contribution in [0.3, 0.4) is 0 Å². The molecule has 2 aliphatic heterocycles. The Morgan fingerprint density at radius 3 is 3.00 bits per heavy atom. The number of carbonyl (C=O) groups excluding carboxylic acids is 1. The number of thiocarbonyl (C=S) groups is 1. The van der Waals surface area contributed by atoms with Crippen LogP contribution in [0.4, 0.5) is 5.69 Å². The summed E-state index contributed by atoms with van der Waals surface area (Å²) in [4.78, 5) is 17.5. The van der Waals surface area contributed by atoms with Gasteiger partial charge in [-0.25, -0.2) is 0 Å². The number of amides is 1. The van der Waals surface area contributed by atoms with Crippen LogP contribution in [0.1, 0.15) is 38.2 Å². The minimum atomic E-state index is -0.238. The molecule has 1 saturated heterocycles. The van der Waals surface area contributed by atoms with E-state index in [4.69, 9.17) is 38.0 Å². The van der Waals surface area contributed by atoms with Gasteiger partial charge in [0.05, 0.1) is 42.3 Å². The summed E-state index contributed by atoms with van der Waals surface area (Å²) >= 11 is 11.9. The van der Waals surface area contributed by atoms with E-state index in [1.165, 1.54) is 7.11 Å². The normalized spacial score (nSPS) is 19.6. The number of carbonyl (C=O) groups is 1. The molecule has 0 aliphatic carbocycles. The highest BCUT2D eigenvalue weighted by atomic mass is 35.5. The predicted octanol–water partition coefficient (Wildman–Crippen LogP) is 4.38. The number of aromatic nitrogens is 1. The average molecular weight is 531 g/mol. The third kappa shape index (κ3) is 6.46. The smallest absolute Gasteiger partial charge is 0.256 e. The summed E-state index contributed by atoms with van der Waals surface area (Å²) in [6, 6.07) is 7.19. The highest BCUT2D eigenvalue weighted by Crippen LogP contribution is 2.33. The fourth-order valence-corrected chi connectivity index (χ4v) is 4.93. The molecule has 192 valence electrons. The van der Waals surface area contributed by atoms with Crippen molar-refractivity contribution in [3.05, 3.63) is 58.5 Å². The Balaban J connectivity index is 1.48. The van der Waals surface area contributed by atoms with Gasteiger partial charge in [0.2, 0.25) is 0 Å². The second-order valence-corrected chi connectivity index (χ2v) is 9.63. The molecule has 2 atom stereocenters. The van der Waals surface area contributed by atoms with Crippen LogP contribution in [0.2, 0.25) is 5.02 Å². The van der Waals surface area contributed by atoms with Crippen molar-refractivity contribution in [2.24, 2.45) is 0 Å². The first-order valence-corrected chi connectivity index (χ1v) is 12.8. The van der Waals surface area contributed by atoms with Crippen molar-refractivity contribution in [1.29, 1.82) is 0 Å². The molecule has 2 unspecified atom stereocenters. The molecule has 2 aliphatic rings. The highest BCUT2D eigenvalue weighted by Gasteiger charge is 2.28. The van der Waals surface area contributed by atoms with Crippen molar-refractivity contribution in [3.63, 3.8) is 0 Å². The van der Waals surface area contributed by atoms with Crippen LogP contribution in [0, 0.1) is 0 Å². The van der Waals surface area contributed by atoms with E-state index in [-0.39, 0.29) is 23.0 Å². The number of ether oxygens (including phenoxy) is 3. The summed E-state index contributed by atoms with van der Waals surface area (Å²) in [5.74, 6) is 0.933. The second kappa shape index (κ2) is 12.4. The topological polar surface area (TPSA) is 93.7 Å². The first-order valence-electron chi connectivity index (χ1n) is 12.0. The van der Waals surface area contributed by atoms with E-state index in [1.807, 2.05) is 13.0 Å². The largest absolute Gasteiger partial charge is 0.493 e. The Hall–Kier alpha value is -2.88. The number of methoxy groups -OCH3 is 1. The lowest BCUT2D eigenvalue weighted by Crippen LogP contribution is -2.44. The quantitative estimate of drug-likeness (QED) is 0.390. The Morgan fingerprint density at radius 2 is 2.22 bits per heavy atom. The van der Waals surface area contributed by atoms with Gasteiger partial charge in [0.15, 0.2) is 5.75 Å². The molecule has 8 nitrogen and oxygen atoms in total. The molecule has 1 aromatic heterocycles. The fourth-order valence-electron chi connectivity index (χ4n) is 4.35. The van der Waals surface area contributed by atoms with Crippen molar-refractivity contribution >= 4 is 40.4 Å². The zero-order valence-electron chi connectivity index (χ0n) is 20.4. The van der Waals surface area contributed by atoms with Gasteiger partial charge in [-0.15, -0.1) is 0 Å². The molecule has 36 heavy (non-hydrogen) atoms. The minimum Gasteiger partial charge on any atom is -0.493 e. The third-order valence-corrected chi connectivity index (χ3v) is 6.75. The van der Waals surface area contributed by atoms with Gasteiger partial charge >= 0.3 is 0 Å². The van der Waals surface area contributed by atoms with Crippen molar-refractivity contribution < 1.29 is 19.0 Å². The van der Waals surface area contributed by atoms with E-state index in [0.717, 1.165) is 37.1 Å². The summed E-state index contributed by atoms with van der Waals surface area (Å²) in [7, 11) is 1.53. The van der Waals surface area contributed by atoms with Gasteiger partial charge < -0.3 is 30.2 Å². The summed E-state index contributed by atoms with van der Waals surface area (Å²) in [6.45, 7) is 3.81. The molecule has 0 bridgehead atoms. The summed E-state index contributed by atoms with van der Waals surface area (Å²) in [5.41, 5.74) is 2.68. The monoisotopic (exact) mass is 530 g/mol. The first kappa shape index (κ1) is 26.2. The van der Waals surface area contributed by atoms with Crippen LogP contribution in [-0.2, 0) is 16.1 Å². The molecule has 0 spiro atoms. The van der Waals surface area contributed by atoms with Gasteiger partial charge in [0.1, 0.15) is 10.7 Å². The second-order valence-electron chi connectivity index (χ2n) is 8.82. The van der Waals surface area contributed by atoms with E-state index >= 15 is 0 Å². The lowest BCUT2D eigenvalue weighted by atomic mass is 10.0. The summed E-state index contributed by atoms with van der Waals surface area (Å²) in [6.07, 6.45) is 7.36. The van der Waals surface area contributed by atoms with Gasteiger partial charge in [-0.1, -0.05) is 29.9 Å². The van der Waals surface area contributed by atoms with Crippen molar-refractivity contribution in [2.45, 2.75) is 51.3 Å². The number of halogens is 1. The molecule has 3 N–H and O–H groups in total. The SMILES string of the molecule is COc1c(Cl)cccc1NC(=S)C1=C(NCc2ccncc2OCCC2CCCO2)CC(C)NC1=O. The molecule has 2 aromatic rings. The van der Waals surface area contributed by atoms with Crippen LogP contribution in [-0.4, -0.2) is 48.3 Å². The lowest BCUT2D eigenvalue weighted by Gasteiger charge is -2.27. The van der Waals surface area contributed by atoms with E-state index in [1.54, 1.807) is 30.6 Å². The molecule has 10 heteroatoms. The highest BCUT2D eigenvalue weighted by molar-refractivity contribution is 7.81. The Kier molecular flexibility index (Phi) is 9.01. The fraction of sp³-hybridized carbons (Fsp3) is 0.423. The number of nitrogens with zero attached hydrogens (tertiary/aromatic N) is 1. The first-order chi connectivity index (χ1) is 17.5. The van der Waals surface area contributed by atoms with Gasteiger partial charge in [0.25, 0.3) is 5.91 Å². The van der Waals surface area contributed by atoms with Crippen LogP contribution in [0.25, 0.3) is 0 Å². The number of benzene rings is 1. The van der Waals surface area contributed by atoms with Crippen LogP contribution < -0.4 is 25.4 Å². The number of anilines is 1. The molecule has 1 fully saturated rings. The van der Waals surface area contributed by atoms with Crippen molar-refractivity contribution in [3.8, 4) is 11.5 Å². The minimum absolute atomic E-state index is 0.0353. The third-order valence-electron chi connectivity index (χ3n) is 6.15. The van der Waals surface area contributed by atoms with Crippen LogP contribution >= 0.6 is 23.8 Å². The Labute approximate surface area is 221 Å². The molecule has 0 radical (unpaired) electrons. The molecular formula is C26H31ClN4O4S. The number of pyridine rings is 1. The van der Waals surface area contributed by atoms with Gasteiger partial charge in [-0.3, -0.25) is 9.78 Å². The molecular weight excluding hydrogens is 500 g/mol. The zero-order chi connectivity index (χ0) is 25.5. The summed E-state index contributed by atoms with van der Waals surface area (Å²) < 4.78 is 17.1. The lowest BCUT2D eigenvalue weighted by molar-refractivity contribution is -0.118. The maximum atomic E-state index is 13.0. The average Bonchev–Trinajstić information content (AvgIpc) is 3.37. The van der Waals surface area contributed by atoms with Gasteiger partial charge in [0, 0.05) is 49.5 Å². The van der Waals surface area contributed by atoms with E-state index in [2.05, 4.69) is 20.9 Å². The van der Waals surface area contributed by atoms with Crippen LogP contribution in [0.5, 0.6) is 11.5 Å². The van der Waals surface area contributed by atoms with E-state index in [0.29, 0.717) is 47.4 Å². The number of hydrogen-bond donors (Lipinski definition) is 3. The molecule has 3 heterocycles. The van der Waals surface area contributed by atoms with Gasteiger partial charge in [-0.05, 0) is 38.0 Å². The zero-order valence-corrected chi connectivity index (χ0v) is 22.0. The van der Waals surface area contributed by atoms with Gasteiger partial charge in [-0.2, -0.15) is 0 Å². The Bertz CT molecular complexity index is 1140.